The van der Waals surface area contributed by atoms with Gasteiger partial charge in [0.2, 0.25) is 0 Å². The van der Waals surface area contributed by atoms with Gasteiger partial charge in [0, 0.05) is 11.5 Å². The Morgan fingerprint density at radius 2 is 1.80 bits per heavy atom. The van der Waals surface area contributed by atoms with Gasteiger partial charge in [0.25, 0.3) is 0 Å². The zero-order valence-electron chi connectivity index (χ0n) is 12.1. The number of rotatable bonds is 3. The van der Waals surface area contributed by atoms with Crippen LogP contribution in [0.5, 0.6) is 0 Å². The molecule has 0 saturated heterocycles. The van der Waals surface area contributed by atoms with E-state index in [0.29, 0.717) is 11.7 Å². The first-order valence-electron chi connectivity index (χ1n) is 7.38. The van der Waals surface area contributed by atoms with E-state index in [0.717, 1.165) is 29.5 Å². The fourth-order valence-electron chi connectivity index (χ4n) is 3.24. The summed E-state index contributed by atoms with van der Waals surface area (Å²) in [6.07, 6.45) is 1.90. The van der Waals surface area contributed by atoms with Crippen molar-refractivity contribution in [2.75, 3.05) is 0 Å². The lowest BCUT2D eigenvalue weighted by atomic mass is 9.92. The van der Waals surface area contributed by atoms with Crippen LogP contribution in [0.25, 0.3) is 11.1 Å². The van der Waals surface area contributed by atoms with Crippen molar-refractivity contribution >= 4 is 5.78 Å². The highest BCUT2D eigenvalue weighted by atomic mass is 16.1. The molecular weight excluding hydrogens is 244 g/mol. The molecule has 20 heavy (non-hydrogen) atoms. The fourth-order valence-corrected chi connectivity index (χ4v) is 3.24. The molecule has 1 unspecified atom stereocenters. The SMILES string of the molecule is CC(C)CC1Cc2cccc(-c3ccccc3)c2C1=O. The van der Waals surface area contributed by atoms with Crippen molar-refractivity contribution in [3.05, 3.63) is 59.7 Å². The smallest absolute Gasteiger partial charge is 0.167 e. The van der Waals surface area contributed by atoms with Gasteiger partial charge in [0.05, 0.1) is 0 Å². The standard InChI is InChI=1S/C19H20O/c1-13(2)11-16-12-15-9-6-10-17(18(15)19(16)20)14-7-4-3-5-8-14/h3-10,13,16H,11-12H2,1-2H3. The maximum Gasteiger partial charge on any atom is 0.167 e. The van der Waals surface area contributed by atoms with Crippen LogP contribution in [0.3, 0.4) is 0 Å². The van der Waals surface area contributed by atoms with E-state index in [1.165, 1.54) is 5.56 Å². The Labute approximate surface area is 120 Å². The summed E-state index contributed by atoms with van der Waals surface area (Å²) in [6, 6.07) is 16.5. The molecule has 0 bridgehead atoms. The van der Waals surface area contributed by atoms with Crippen LogP contribution in [0.2, 0.25) is 0 Å². The van der Waals surface area contributed by atoms with Crippen LogP contribution >= 0.6 is 0 Å². The van der Waals surface area contributed by atoms with Gasteiger partial charge in [-0.25, -0.2) is 0 Å². The normalized spacial score (nSPS) is 17.6. The predicted molar refractivity (Wildman–Crippen MR) is 82.9 cm³/mol. The summed E-state index contributed by atoms with van der Waals surface area (Å²) in [4.78, 5) is 12.7. The van der Waals surface area contributed by atoms with E-state index in [-0.39, 0.29) is 5.92 Å². The molecule has 1 atom stereocenters. The third kappa shape index (κ3) is 2.29. The highest BCUT2D eigenvalue weighted by molar-refractivity contribution is 6.07. The van der Waals surface area contributed by atoms with Gasteiger partial charge in [-0.2, -0.15) is 0 Å². The van der Waals surface area contributed by atoms with E-state index < -0.39 is 0 Å². The van der Waals surface area contributed by atoms with Crippen LogP contribution in [0.15, 0.2) is 48.5 Å². The molecule has 0 saturated carbocycles. The first kappa shape index (κ1) is 13.1. The van der Waals surface area contributed by atoms with Crippen molar-refractivity contribution in [2.45, 2.75) is 26.7 Å². The van der Waals surface area contributed by atoms with Crippen LogP contribution in [0.1, 0.15) is 36.2 Å². The van der Waals surface area contributed by atoms with Gasteiger partial charge in [-0.1, -0.05) is 62.4 Å². The molecule has 102 valence electrons. The molecule has 0 N–H and O–H groups in total. The average molecular weight is 264 g/mol. The minimum atomic E-state index is 0.176. The van der Waals surface area contributed by atoms with Gasteiger partial charge in [-0.05, 0) is 35.4 Å². The van der Waals surface area contributed by atoms with Gasteiger partial charge in [0.15, 0.2) is 5.78 Å². The lowest BCUT2D eigenvalue weighted by Crippen LogP contribution is -2.12. The molecule has 0 fully saturated rings. The summed E-state index contributed by atoms with van der Waals surface area (Å²) < 4.78 is 0. The highest BCUT2D eigenvalue weighted by Gasteiger charge is 2.32. The molecule has 0 radical (unpaired) electrons. The number of carbonyl (C=O) groups excluding carboxylic acids is 1. The van der Waals surface area contributed by atoms with Gasteiger partial charge in [-0.15, -0.1) is 0 Å². The second-order valence-corrected chi connectivity index (χ2v) is 6.10. The third-order valence-corrected chi connectivity index (χ3v) is 4.07. The summed E-state index contributed by atoms with van der Waals surface area (Å²) in [6.45, 7) is 4.38. The van der Waals surface area contributed by atoms with E-state index in [4.69, 9.17) is 0 Å². The van der Waals surface area contributed by atoms with Gasteiger partial charge in [0.1, 0.15) is 0 Å². The quantitative estimate of drug-likeness (QED) is 0.781. The van der Waals surface area contributed by atoms with E-state index in [2.05, 4.69) is 44.2 Å². The fraction of sp³-hybridized carbons (Fsp3) is 0.316. The highest BCUT2D eigenvalue weighted by Crippen LogP contribution is 2.37. The summed E-state index contributed by atoms with van der Waals surface area (Å²) in [5.41, 5.74) is 4.42. The Balaban J connectivity index is 2.03. The van der Waals surface area contributed by atoms with Crippen LogP contribution in [-0.4, -0.2) is 5.78 Å². The number of hydrogen-bond donors (Lipinski definition) is 0. The largest absolute Gasteiger partial charge is 0.294 e. The molecule has 1 aliphatic rings. The Bertz CT molecular complexity index is 625. The van der Waals surface area contributed by atoms with Crippen LogP contribution in [0.4, 0.5) is 0 Å². The van der Waals surface area contributed by atoms with Crippen LogP contribution < -0.4 is 0 Å². The van der Waals surface area contributed by atoms with Crippen molar-refractivity contribution in [2.24, 2.45) is 11.8 Å². The Morgan fingerprint density at radius 1 is 1.05 bits per heavy atom. The van der Waals surface area contributed by atoms with E-state index in [1.807, 2.05) is 18.2 Å². The molecule has 0 aromatic heterocycles. The number of benzene rings is 2. The van der Waals surface area contributed by atoms with Crippen LogP contribution in [-0.2, 0) is 6.42 Å². The molecule has 1 nitrogen and oxygen atoms in total. The summed E-state index contributed by atoms with van der Waals surface area (Å²) in [5.74, 6) is 1.08. The van der Waals surface area contributed by atoms with E-state index >= 15 is 0 Å². The van der Waals surface area contributed by atoms with Crippen molar-refractivity contribution in [1.29, 1.82) is 0 Å². The molecule has 0 amide bonds. The van der Waals surface area contributed by atoms with Crippen molar-refractivity contribution in [1.82, 2.24) is 0 Å². The monoisotopic (exact) mass is 264 g/mol. The van der Waals surface area contributed by atoms with E-state index in [1.54, 1.807) is 0 Å². The Morgan fingerprint density at radius 3 is 2.50 bits per heavy atom. The van der Waals surface area contributed by atoms with Crippen molar-refractivity contribution < 1.29 is 4.79 Å². The third-order valence-electron chi connectivity index (χ3n) is 4.07. The molecule has 3 rings (SSSR count). The summed E-state index contributed by atoms with van der Waals surface area (Å²) >= 11 is 0. The van der Waals surface area contributed by atoms with Crippen molar-refractivity contribution in [3.63, 3.8) is 0 Å². The maximum atomic E-state index is 12.7. The first-order chi connectivity index (χ1) is 9.66. The van der Waals surface area contributed by atoms with E-state index in [9.17, 15) is 4.79 Å². The zero-order chi connectivity index (χ0) is 14.1. The second kappa shape index (κ2) is 5.24. The number of ketones is 1. The van der Waals surface area contributed by atoms with Crippen molar-refractivity contribution in [3.8, 4) is 11.1 Å². The molecule has 1 heteroatoms. The second-order valence-electron chi connectivity index (χ2n) is 6.10. The Hall–Kier alpha value is -1.89. The number of carbonyl (C=O) groups is 1. The zero-order valence-corrected chi connectivity index (χ0v) is 12.1. The van der Waals surface area contributed by atoms with Gasteiger partial charge < -0.3 is 0 Å². The molecule has 0 heterocycles. The molecule has 2 aromatic rings. The lowest BCUT2D eigenvalue weighted by molar-refractivity contribution is 0.0922. The molecule has 2 aromatic carbocycles. The maximum absolute atomic E-state index is 12.7. The molecule has 0 aliphatic heterocycles. The van der Waals surface area contributed by atoms with Gasteiger partial charge in [-0.3, -0.25) is 4.79 Å². The minimum absolute atomic E-state index is 0.176. The molecule has 1 aliphatic carbocycles. The average Bonchev–Trinajstić information content (AvgIpc) is 2.76. The summed E-state index contributed by atoms with van der Waals surface area (Å²) in [7, 11) is 0. The molecule has 0 spiro atoms. The lowest BCUT2D eigenvalue weighted by Gasteiger charge is -2.11. The number of Topliss-reactive ketones (excluding diaryl/α,β-unsaturated/α-hetero) is 1. The summed E-state index contributed by atoms with van der Waals surface area (Å²) in [5, 5.41) is 0. The molecular formula is C19H20O. The Kier molecular flexibility index (Phi) is 3.43. The first-order valence-corrected chi connectivity index (χ1v) is 7.38. The topological polar surface area (TPSA) is 17.1 Å². The van der Waals surface area contributed by atoms with Gasteiger partial charge >= 0.3 is 0 Å². The van der Waals surface area contributed by atoms with Crippen LogP contribution in [0, 0.1) is 11.8 Å². The minimum Gasteiger partial charge on any atom is -0.294 e. The number of hydrogen-bond acceptors (Lipinski definition) is 1. The predicted octanol–water partition coefficient (Wildman–Crippen LogP) is 4.75. The number of fused-ring (bicyclic) bond motifs is 1.